The van der Waals surface area contributed by atoms with Gasteiger partial charge in [0.2, 0.25) is 5.91 Å². The maximum Gasteiger partial charge on any atom is 0.244 e. The van der Waals surface area contributed by atoms with E-state index < -0.39 is 0 Å². The molecule has 0 aliphatic rings. The molecule has 2 N–H and O–H groups in total. The maximum atomic E-state index is 12.3. The van der Waals surface area contributed by atoms with Gasteiger partial charge >= 0.3 is 0 Å². The number of hydrogen-bond donors (Lipinski definition) is 1. The topological polar surface area (TPSA) is 77.0 Å². The summed E-state index contributed by atoms with van der Waals surface area (Å²) in [6.45, 7) is 7.62. The number of hydrogen-bond acceptors (Lipinski definition) is 4. The first-order chi connectivity index (χ1) is 9.08. The minimum atomic E-state index is 0.0829. The number of aromatic nitrogens is 3. The zero-order valence-electron chi connectivity index (χ0n) is 12.2. The number of carbonyl (C=O) groups is 1. The number of nitrogens with zero attached hydrogens (tertiary/aromatic N) is 4. The second-order valence-electron chi connectivity index (χ2n) is 5.00. The van der Waals surface area contributed by atoms with Crippen LogP contribution in [-0.4, -0.2) is 38.4 Å². The Labute approximate surface area is 115 Å². The predicted octanol–water partition coefficient (Wildman–Crippen LogP) is 1.16. The highest BCUT2D eigenvalue weighted by Gasteiger charge is 2.17. The molecule has 0 aliphatic carbocycles. The van der Waals surface area contributed by atoms with E-state index in [4.69, 9.17) is 5.73 Å². The van der Waals surface area contributed by atoms with Crippen molar-refractivity contribution in [2.75, 3.05) is 6.54 Å². The largest absolute Gasteiger partial charge is 0.339 e. The fraction of sp³-hybridized carbons (Fsp3) is 0.769. The fourth-order valence-electron chi connectivity index (χ4n) is 1.94. The van der Waals surface area contributed by atoms with Gasteiger partial charge in [-0.3, -0.25) is 4.79 Å². The molecule has 1 aromatic rings. The van der Waals surface area contributed by atoms with E-state index in [0.717, 1.165) is 25.8 Å². The molecular formula is C13H25N5O. The summed E-state index contributed by atoms with van der Waals surface area (Å²) in [5.41, 5.74) is 6.18. The van der Waals surface area contributed by atoms with Crippen molar-refractivity contribution in [2.24, 2.45) is 5.73 Å². The van der Waals surface area contributed by atoms with Gasteiger partial charge in [-0.15, -0.1) is 5.10 Å². The van der Waals surface area contributed by atoms with E-state index in [9.17, 15) is 4.79 Å². The van der Waals surface area contributed by atoms with Crippen LogP contribution in [0.1, 0.15) is 45.7 Å². The van der Waals surface area contributed by atoms with Crippen LogP contribution in [0.4, 0.5) is 0 Å². The van der Waals surface area contributed by atoms with Crippen LogP contribution in [0.15, 0.2) is 6.20 Å². The van der Waals surface area contributed by atoms with E-state index in [1.165, 1.54) is 0 Å². The molecule has 1 heterocycles. The van der Waals surface area contributed by atoms with Crippen molar-refractivity contribution in [3.8, 4) is 0 Å². The van der Waals surface area contributed by atoms with Gasteiger partial charge in [0, 0.05) is 19.1 Å². The van der Waals surface area contributed by atoms with Gasteiger partial charge in [0.25, 0.3) is 0 Å². The van der Waals surface area contributed by atoms with Crippen molar-refractivity contribution in [2.45, 2.75) is 59.2 Å². The summed E-state index contributed by atoms with van der Waals surface area (Å²) in [7, 11) is 0. The van der Waals surface area contributed by atoms with Gasteiger partial charge in [-0.05, 0) is 20.3 Å². The second-order valence-corrected chi connectivity index (χ2v) is 5.00. The quantitative estimate of drug-likeness (QED) is 0.717. The third-order valence-corrected chi connectivity index (χ3v) is 3.04. The number of rotatable bonds is 8. The molecule has 0 aromatic carbocycles. The number of unbranched alkanes of at least 4 members (excludes halogenated alkanes) is 2. The lowest BCUT2D eigenvalue weighted by molar-refractivity contribution is -0.133. The number of nitrogens with two attached hydrogens (primary N) is 1. The highest BCUT2D eigenvalue weighted by Crippen LogP contribution is 2.05. The van der Waals surface area contributed by atoms with Crippen LogP contribution in [0.25, 0.3) is 0 Å². The summed E-state index contributed by atoms with van der Waals surface area (Å²) in [6, 6.07) is 0.210. The van der Waals surface area contributed by atoms with Crippen molar-refractivity contribution in [3.63, 3.8) is 0 Å². The standard InChI is InChI=1S/C13H25N5O/c1-4-5-6-7-18(11(2)3)13(19)10-17-9-12(8-14)15-16-17/h9,11H,4-8,10,14H2,1-3H3. The highest BCUT2D eigenvalue weighted by atomic mass is 16.2. The Balaban J connectivity index is 2.56. The molecule has 108 valence electrons. The molecular weight excluding hydrogens is 242 g/mol. The minimum absolute atomic E-state index is 0.0829. The zero-order chi connectivity index (χ0) is 14.3. The van der Waals surface area contributed by atoms with Crippen LogP contribution in [0.5, 0.6) is 0 Å². The van der Waals surface area contributed by atoms with Gasteiger partial charge in [0.15, 0.2) is 0 Å². The molecule has 6 heteroatoms. The second kappa shape index (κ2) is 7.89. The highest BCUT2D eigenvalue weighted by molar-refractivity contribution is 5.76. The zero-order valence-corrected chi connectivity index (χ0v) is 12.2. The van der Waals surface area contributed by atoms with Crippen molar-refractivity contribution >= 4 is 5.91 Å². The Morgan fingerprint density at radius 3 is 2.74 bits per heavy atom. The van der Waals surface area contributed by atoms with Crippen molar-refractivity contribution < 1.29 is 4.79 Å². The summed E-state index contributed by atoms with van der Waals surface area (Å²) in [5, 5.41) is 7.79. The van der Waals surface area contributed by atoms with Crippen LogP contribution >= 0.6 is 0 Å². The van der Waals surface area contributed by atoms with Crippen molar-refractivity contribution in [3.05, 3.63) is 11.9 Å². The SMILES string of the molecule is CCCCCN(C(=O)Cn1cc(CN)nn1)C(C)C. The molecule has 0 saturated heterocycles. The van der Waals surface area contributed by atoms with E-state index in [-0.39, 0.29) is 18.5 Å². The van der Waals surface area contributed by atoms with E-state index in [2.05, 4.69) is 17.2 Å². The van der Waals surface area contributed by atoms with Gasteiger partial charge in [0.05, 0.1) is 11.9 Å². The summed E-state index contributed by atoms with van der Waals surface area (Å²) < 4.78 is 1.56. The van der Waals surface area contributed by atoms with Gasteiger partial charge in [0.1, 0.15) is 6.54 Å². The van der Waals surface area contributed by atoms with Crippen LogP contribution in [0.3, 0.4) is 0 Å². The molecule has 0 saturated carbocycles. The molecule has 1 rings (SSSR count). The summed E-state index contributed by atoms with van der Waals surface area (Å²) in [6.07, 6.45) is 5.08. The summed E-state index contributed by atoms with van der Waals surface area (Å²) in [4.78, 5) is 14.2. The first-order valence-electron chi connectivity index (χ1n) is 6.97. The Bertz CT molecular complexity index is 388. The Hall–Kier alpha value is -1.43. The van der Waals surface area contributed by atoms with E-state index in [1.54, 1.807) is 10.9 Å². The summed E-state index contributed by atoms with van der Waals surface area (Å²) in [5.74, 6) is 0.0829. The third-order valence-electron chi connectivity index (χ3n) is 3.04. The lowest BCUT2D eigenvalue weighted by Crippen LogP contribution is -2.39. The van der Waals surface area contributed by atoms with Gasteiger partial charge in [-0.25, -0.2) is 4.68 Å². The molecule has 19 heavy (non-hydrogen) atoms. The molecule has 0 spiro atoms. The van der Waals surface area contributed by atoms with E-state index in [0.29, 0.717) is 12.2 Å². The third kappa shape index (κ3) is 4.98. The Kier molecular flexibility index (Phi) is 6.49. The van der Waals surface area contributed by atoms with Crippen LogP contribution in [0.2, 0.25) is 0 Å². The molecule has 1 aromatic heterocycles. The van der Waals surface area contributed by atoms with E-state index in [1.807, 2.05) is 18.7 Å². The van der Waals surface area contributed by atoms with Crippen molar-refractivity contribution in [1.82, 2.24) is 19.9 Å². The lowest BCUT2D eigenvalue weighted by atomic mass is 10.2. The lowest BCUT2D eigenvalue weighted by Gasteiger charge is -2.26. The molecule has 6 nitrogen and oxygen atoms in total. The number of amides is 1. The summed E-state index contributed by atoms with van der Waals surface area (Å²) >= 11 is 0. The molecule has 0 fully saturated rings. The van der Waals surface area contributed by atoms with E-state index >= 15 is 0 Å². The van der Waals surface area contributed by atoms with Crippen LogP contribution in [0, 0.1) is 0 Å². The first kappa shape index (κ1) is 15.6. The molecule has 0 unspecified atom stereocenters. The maximum absolute atomic E-state index is 12.3. The number of carbonyl (C=O) groups excluding carboxylic acids is 1. The van der Waals surface area contributed by atoms with Gasteiger partial charge in [-0.2, -0.15) is 0 Å². The van der Waals surface area contributed by atoms with Crippen LogP contribution < -0.4 is 5.73 Å². The average Bonchev–Trinajstić information content (AvgIpc) is 2.81. The van der Waals surface area contributed by atoms with Gasteiger partial charge < -0.3 is 10.6 Å². The molecule has 1 amide bonds. The van der Waals surface area contributed by atoms with Crippen LogP contribution in [-0.2, 0) is 17.9 Å². The van der Waals surface area contributed by atoms with Crippen molar-refractivity contribution in [1.29, 1.82) is 0 Å². The molecule has 0 atom stereocenters. The molecule has 0 aliphatic heterocycles. The fourth-order valence-corrected chi connectivity index (χ4v) is 1.94. The molecule has 0 radical (unpaired) electrons. The smallest absolute Gasteiger partial charge is 0.244 e. The first-order valence-corrected chi connectivity index (χ1v) is 6.97. The average molecular weight is 267 g/mol. The predicted molar refractivity (Wildman–Crippen MR) is 74.3 cm³/mol. The monoisotopic (exact) mass is 267 g/mol. The Morgan fingerprint density at radius 1 is 1.47 bits per heavy atom. The van der Waals surface area contributed by atoms with Gasteiger partial charge in [-0.1, -0.05) is 25.0 Å². The Morgan fingerprint density at radius 2 is 2.21 bits per heavy atom. The normalized spacial score (nSPS) is 11.0. The molecule has 0 bridgehead atoms. The minimum Gasteiger partial charge on any atom is -0.339 e.